The van der Waals surface area contributed by atoms with E-state index in [2.05, 4.69) is 4.74 Å². The molecule has 0 bridgehead atoms. The van der Waals surface area contributed by atoms with Crippen LogP contribution in [0.15, 0.2) is 53.4 Å². The number of thioether (sulfide) groups is 1. The first-order valence-electron chi connectivity index (χ1n) is 6.74. The molecule has 1 aliphatic heterocycles. The minimum atomic E-state index is -2.87. The van der Waals surface area contributed by atoms with Crippen LogP contribution >= 0.6 is 11.8 Å². The molecule has 1 amide bonds. The molecule has 0 saturated carbocycles. The average molecular weight is 321 g/mol. The van der Waals surface area contributed by atoms with Crippen LogP contribution in [0.2, 0.25) is 0 Å². The molecule has 0 radical (unpaired) electrons. The van der Waals surface area contributed by atoms with E-state index in [0.29, 0.717) is 12.1 Å². The van der Waals surface area contributed by atoms with Crippen molar-refractivity contribution >= 4 is 23.4 Å². The Bertz CT molecular complexity index is 676. The standard InChI is InChI=1S/C16H13F2NO2S/c17-16(18)21-12-7-5-11(6-8-12)15(20)19-9-10-22-14-4-2-1-3-13(14)19/h1-8,16H,9-10H2. The third-order valence-electron chi connectivity index (χ3n) is 3.30. The molecule has 1 aliphatic rings. The van der Waals surface area contributed by atoms with Crippen LogP contribution in [-0.2, 0) is 0 Å². The second-order valence-electron chi connectivity index (χ2n) is 4.68. The second-order valence-corrected chi connectivity index (χ2v) is 5.81. The van der Waals surface area contributed by atoms with Gasteiger partial charge in [-0.1, -0.05) is 12.1 Å². The summed E-state index contributed by atoms with van der Waals surface area (Å²) in [5.74, 6) is 0.729. The van der Waals surface area contributed by atoms with E-state index in [9.17, 15) is 13.6 Å². The van der Waals surface area contributed by atoms with Crippen LogP contribution in [0.25, 0.3) is 0 Å². The number of nitrogens with zero attached hydrogens (tertiary/aromatic N) is 1. The molecule has 114 valence electrons. The minimum absolute atomic E-state index is 0.0427. The van der Waals surface area contributed by atoms with E-state index < -0.39 is 6.61 Å². The molecule has 3 rings (SSSR count). The van der Waals surface area contributed by atoms with Gasteiger partial charge in [-0.3, -0.25) is 4.79 Å². The van der Waals surface area contributed by atoms with E-state index >= 15 is 0 Å². The van der Waals surface area contributed by atoms with Crippen LogP contribution in [0.4, 0.5) is 14.5 Å². The Hall–Kier alpha value is -2.08. The van der Waals surface area contributed by atoms with Crippen molar-refractivity contribution in [1.29, 1.82) is 0 Å². The number of amides is 1. The molecule has 0 saturated heterocycles. The summed E-state index contributed by atoms with van der Waals surface area (Å²) >= 11 is 1.72. The number of carbonyl (C=O) groups excluding carboxylic acids is 1. The predicted molar refractivity (Wildman–Crippen MR) is 81.9 cm³/mol. The van der Waals surface area contributed by atoms with E-state index in [1.54, 1.807) is 16.7 Å². The molecule has 0 fully saturated rings. The van der Waals surface area contributed by atoms with Crippen LogP contribution in [0.5, 0.6) is 5.75 Å². The molecular weight excluding hydrogens is 308 g/mol. The van der Waals surface area contributed by atoms with Crippen LogP contribution in [0.3, 0.4) is 0 Å². The third kappa shape index (κ3) is 3.06. The minimum Gasteiger partial charge on any atom is -0.435 e. The maximum absolute atomic E-state index is 12.6. The summed E-state index contributed by atoms with van der Waals surface area (Å²) in [7, 11) is 0. The number of ether oxygens (including phenoxy) is 1. The molecule has 22 heavy (non-hydrogen) atoms. The Balaban J connectivity index is 1.83. The van der Waals surface area contributed by atoms with Gasteiger partial charge in [-0.05, 0) is 36.4 Å². The van der Waals surface area contributed by atoms with Crippen molar-refractivity contribution in [1.82, 2.24) is 0 Å². The van der Waals surface area contributed by atoms with Crippen LogP contribution < -0.4 is 9.64 Å². The van der Waals surface area contributed by atoms with Crippen LogP contribution in [-0.4, -0.2) is 24.8 Å². The van der Waals surface area contributed by atoms with Crippen molar-refractivity contribution in [2.75, 3.05) is 17.2 Å². The number of para-hydroxylation sites is 1. The van der Waals surface area contributed by atoms with Gasteiger partial charge in [0.05, 0.1) is 5.69 Å². The quantitative estimate of drug-likeness (QED) is 0.854. The number of hydrogen-bond donors (Lipinski definition) is 0. The lowest BCUT2D eigenvalue weighted by molar-refractivity contribution is -0.0498. The summed E-state index contributed by atoms with van der Waals surface area (Å²) in [4.78, 5) is 15.4. The first kappa shape index (κ1) is 14.8. The lowest BCUT2D eigenvalue weighted by Crippen LogP contribution is -2.35. The van der Waals surface area contributed by atoms with Gasteiger partial charge in [-0.15, -0.1) is 11.8 Å². The molecule has 2 aromatic rings. The number of benzene rings is 2. The zero-order valence-electron chi connectivity index (χ0n) is 11.5. The molecule has 0 aromatic heterocycles. The number of carbonyl (C=O) groups is 1. The summed E-state index contributed by atoms with van der Waals surface area (Å²) in [5, 5.41) is 0. The lowest BCUT2D eigenvalue weighted by atomic mass is 10.1. The Kier molecular flexibility index (Phi) is 4.29. The molecule has 0 unspecified atom stereocenters. The van der Waals surface area contributed by atoms with Crippen molar-refractivity contribution in [2.24, 2.45) is 0 Å². The molecule has 0 aliphatic carbocycles. The maximum Gasteiger partial charge on any atom is 0.387 e. The SMILES string of the molecule is O=C(c1ccc(OC(F)F)cc1)N1CCSc2ccccc21. The van der Waals surface area contributed by atoms with Crippen molar-refractivity contribution in [2.45, 2.75) is 11.5 Å². The number of fused-ring (bicyclic) bond motifs is 1. The number of halogens is 2. The highest BCUT2D eigenvalue weighted by Gasteiger charge is 2.23. The molecule has 6 heteroatoms. The monoisotopic (exact) mass is 321 g/mol. The Morgan fingerprint density at radius 1 is 1.14 bits per heavy atom. The van der Waals surface area contributed by atoms with Gasteiger partial charge in [0.2, 0.25) is 0 Å². The highest BCUT2D eigenvalue weighted by Crippen LogP contribution is 2.35. The summed E-state index contributed by atoms with van der Waals surface area (Å²) < 4.78 is 28.6. The van der Waals surface area contributed by atoms with Gasteiger partial charge in [0, 0.05) is 22.8 Å². The van der Waals surface area contributed by atoms with Crippen molar-refractivity contribution in [3.8, 4) is 5.75 Å². The van der Waals surface area contributed by atoms with Gasteiger partial charge in [0.25, 0.3) is 5.91 Å². The average Bonchev–Trinajstić information content (AvgIpc) is 2.54. The van der Waals surface area contributed by atoms with Gasteiger partial charge >= 0.3 is 6.61 Å². The Morgan fingerprint density at radius 2 is 1.86 bits per heavy atom. The molecule has 0 spiro atoms. The third-order valence-corrected chi connectivity index (χ3v) is 4.34. The number of anilines is 1. The van der Waals surface area contributed by atoms with Crippen molar-refractivity contribution < 1.29 is 18.3 Å². The summed E-state index contributed by atoms with van der Waals surface area (Å²) in [6.45, 7) is -2.25. The maximum atomic E-state index is 12.6. The first-order chi connectivity index (χ1) is 10.6. The van der Waals surface area contributed by atoms with E-state index in [-0.39, 0.29) is 11.7 Å². The fourth-order valence-electron chi connectivity index (χ4n) is 2.32. The van der Waals surface area contributed by atoms with Crippen LogP contribution in [0, 0.1) is 0 Å². The van der Waals surface area contributed by atoms with Crippen molar-refractivity contribution in [3.05, 3.63) is 54.1 Å². The largest absolute Gasteiger partial charge is 0.435 e. The number of hydrogen-bond acceptors (Lipinski definition) is 3. The molecule has 0 N–H and O–H groups in total. The highest BCUT2D eigenvalue weighted by molar-refractivity contribution is 7.99. The zero-order valence-corrected chi connectivity index (χ0v) is 12.4. The Labute approximate surface area is 130 Å². The van der Waals surface area contributed by atoms with Gasteiger partial charge in [0.15, 0.2) is 0 Å². The Morgan fingerprint density at radius 3 is 2.59 bits per heavy atom. The first-order valence-corrected chi connectivity index (χ1v) is 7.72. The number of rotatable bonds is 3. The van der Waals surface area contributed by atoms with Gasteiger partial charge in [-0.25, -0.2) is 0 Å². The van der Waals surface area contributed by atoms with E-state index in [1.807, 2.05) is 24.3 Å². The van der Waals surface area contributed by atoms with Gasteiger partial charge in [-0.2, -0.15) is 8.78 Å². The summed E-state index contributed by atoms with van der Waals surface area (Å²) in [6, 6.07) is 13.5. The van der Waals surface area contributed by atoms with Crippen molar-refractivity contribution in [3.63, 3.8) is 0 Å². The molecular formula is C16H13F2NO2S. The van der Waals surface area contributed by atoms with Crippen LogP contribution in [0.1, 0.15) is 10.4 Å². The fourth-order valence-corrected chi connectivity index (χ4v) is 3.31. The zero-order chi connectivity index (χ0) is 15.5. The molecule has 3 nitrogen and oxygen atoms in total. The summed E-state index contributed by atoms with van der Waals surface area (Å²) in [6.07, 6.45) is 0. The lowest BCUT2D eigenvalue weighted by Gasteiger charge is -2.29. The van der Waals surface area contributed by atoms with Gasteiger partial charge < -0.3 is 9.64 Å². The predicted octanol–water partition coefficient (Wildman–Crippen LogP) is 4.04. The summed E-state index contributed by atoms with van der Waals surface area (Å²) in [5.41, 5.74) is 1.33. The van der Waals surface area contributed by atoms with E-state index in [0.717, 1.165) is 16.3 Å². The molecule has 0 atom stereocenters. The fraction of sp³-hybridized carbons (Fsp3) is 0.188. The van der Waals surface area contributed by atoms with Gasteiger partial charge in [0.1, 0.15) is 5.75 Å². The second kappa shape index (κ2) is 6.36. The topological polar surface area (TPSA) is 29.5 Å². The van der Waals surface area contributed by atoms with E-state index in [1.165, 1.54) is 24.3 Å². The number of alkyl halides is 2. The smallest absolute Gasteiger partial charge is 0.387 e. The highest BCUT2D eigenvalue weighted by atomic mass is 32.2. The normalized spacial score (nSPS) is 13.9. The molecule has 2 aromatic carbocycles. The van der Waals surface area contributed by atoms with E-state index in [4.69, 9.17) is 0 Å². The molecule has 1 heterocycles.